The van der Waals surface area contributed by atoms with Crippen molar-refractivity contribution < 1.29 is 9.53 Å². The molecule has 4 atom stereocenters. The van der Waals surface area contributed by atoms with Crippen molar-refractivity contribution in [2.75, 3.05) is 13.2 Å². The maximum absolute atomic E-state index is 12.9. The van der Waals surface area contributed by atoms with Crippen LogP contribution in [0.2, 0.25) is 0 Å². The molecule has 0 spiro atoms. The Labute approximate surface area is 137 Å². The lowest BCUT2D eigenvalue weighted by molar-refractivity contribution is -0.109. The smallest absolute Gasteiger partial charge is 0.318 e. The molecule has 126 valence electrons. The Morgan fingerprint density at radius 1 is 1.43 bits per heavy atom. The highest BCUT2D eigenvalue weighted by molar-refractivity contribution is 5.75. The Morgan fingerprint density at radius 2 is 2.30 bits per heavy atom. The number of likely N-dealkylation sites (tertiary alicyclic amines) is 1. The van der Waals surface area contributed by atoms with E-state index >= 15 is 0 Å². The number of carbonyl (C=O) groups is 1. The fourth-order valence-electron chi connectivity index (χ4n) is 4.75. The van der Waals surface area contributed by atoms with E-state index in [0.717, 1.165) is 44.7 Å². The summed E-state index contributed by atoms with van der Waals surface area (Å²) in [4.78, 5) is 22.4. The first-order valence-corrected chi connectivity index (χ1v) is 8.77. The Hall–Kier alpha value is -1.56. The van der Waals surface area contributed by atoms with Crippen LogP contribution in [0, 0.1) is 11.3 Å². The van der Waals surface area contributed by atoms with Gasteiger partial charge in [-0.1, -0.05) is 13.8 Å². The van der Waals surface area contributed by atoms with Crippen LogP contribution in [0.1, 0.15) is 51.4 Å². The highest BCUT2D eigenvalue weighted by Gasteiger charge is 2.60. The fourth-order valence-corrected chi connectivity index (χ4v) is 4.75. The summed E-state index contributed by atoms with van der Waals surface area (Å²) in [7, 11) is 0. The molecule has 0 bridgehead atoms. The molecule has 3 aliphatic rings. The molecule has 3 fully saturated rings. The van der Waals surface area contributed by atoms with Crippen molar-refractivity contribution in [3.8, 4) is 0 Å². The number of carbonyl (C=O) groups excluding carboxylic acids is 1. The largest absolute Gasteiger partial charge is 0.377 e. The van der Waals surface area contributed by atoms with Gasteiger partial charge in [0.2, 0.25) is 0 Å². The van der Waals surface area contributed by atoms with Crippen molar-refractivity contribution in [1.82, 2.24) is 20.2 Å². The maximum atomic E-state index is 12.9. The quantitative estimate of drug-likeness (QED) is 0.880. The van der Waals surface area contributed by atoms with Crippen LogP contribution >= 0.6 is 0 Å². The number of aromatic amines is 1. The molecule has 2 N–H and O–H groups in total. The van der Waals surface area contributed by atoms with Crippen LogP contribution in [-0.2, 0) is 4.74 Å². The maximum Gasteiger partial charge on any atom is 0.318 e. The molecule has 1 aromatic heterocycles. The standard InChI is InChI=1S/C17H26N4O2/c1-17(2)13(11-6-10-23-14(11)17)20-16(22)21-9-4-3-5-12(21)15-18-7-8-19-15/h7-8,11-14H,3-6,9-10H2,1-2H3,(H,18,19)(H,20,22)/t11-,12+,13+,14-/m0/s1. The molecular weight excluding hydrogens is 292 g/mol. The number of piperidine rings is 1. The van der Waals surface area contributed by atoms with E-state index in [4.69, 9.17) is 4.74 Å². The predicted octanol–water partition coefficient (Wildman–Crippen LogP) is 2.46. The number of nitrogens with zero attached hydrogens (tertiary/aromatic N) is 2. The van der Waals surface area contributed by atoms with E-state index < -0.39 is 0 Å². The van der Waals surface area contributed by atoms with Crippen molar-refractivity contribution in [2.24, 2.45) is 11.3 Å². The van der Waals surface area contributed by atoms with Crippen LogP contribution < -0.4 is 5.32 Å². The van der Waals surface area contributed by atoms with Crippen molar-refractivity contribution in [3.05, 3.63) is 18.2 Å². The van der Waals surface area contributed by atoms with E-state index in [1.165, 1.54) is 0 Å². The second-order valence-electron chi connectivity index (χ2n) is 7.67. The molecule has 23 heavy (non-hydrogen) atoms. The van der Waals surface area contributed by atoms with Gasteiger partial charge in [-0.05, 0) is 25.7 Å². The number of imidazole rings is 1. The summed E-state index contributed by atoms with van der Waals surface area (Å²) in [6.45, 7) is 6.02. The third kappa shape index (κ3) is 2.35. The topological polar surface area (TPSA) is 70.2 Å². The lowest BCUT2D eigenvalue weighted by Gasteiger charge is -2.55. The van der Waals surface area contributed by atoms with Crippen LogP contribution in [0.5, 0.6) is 0 Å². The molecule has 1 aliphatic carbocycles. The molecule has 6 nitrogen and oxygen atoms in total. The number of aromatic nitrogens is 2. The molecule has 6 heteroatoms. The summed E-state index contributed by atoms with van der Waals surface area (Å²) >= 11 is 0. The van der Waals surface area contributed by atoms with E-state index in [2.05, 4.69) is 29.1 Å². The number of hydrogen-bond acceptors (Lipinski definition) is 3. The molecule has 3 heterocycles. The van der Waals surface area contributed by atoms with Gasteiger partial charge in [0, 0.05) is 42.9 Å². The SMILES string of the molecule is CC1(C)[C@H](NC(=O)N2CCCC[C@@H]2c2ncc[nH]2)[C@@H]2CCO[C@@H]21. The number of rotatable bonds is 2. The molecule has 2 amide bonds. The summed E-state index contributed by atoms with van der Waals surface area (Å²) in [6, 6.07) is 0.328. The fraction of sp³-hybridized carbons (Fsp3) is 0.765. The third-order valence-corrected chi connectivity index (χ3v) is 5.98. The first kappa shape index (κ1) is 15.0. The molecular formula is C17H26N4O2. The molecule has 0 aromatic carbocycles. The van der Waals surface area contributed by atoms with E-state index in [1.807, 2.05) is 11.1 Å². The average molecular weight is 318 g/mol. The number of nitrogens with one attached hydrogen (secondary N) is 2. The second-order valence-corrected chi connectivity index (χ2v) is 7.67. The Bertz CT molecular complexity index is 571. The lowest BCUT2D eigenvalue weighted by Crippen LogP contribution is -2.68. The summed E-state index contributed by atoms with van der Waals surface area (Å²) < 4.78 is 5.82. The Morgan fingerprint density at radius 3 is 3.09 bits per heavy atom. The Balaban J connectivity index is 1.47. The van der Waals surface area contributed by atoms with Crippen LogP contribution in [0.4, 0.5) is 4.79 Å². The van der Waals surface area contributed by atoms with Gasteiger partial charge in [-0.2, -0.15) is 0 Å². The number of amides is 2. The van der Waals surface area contributed by atoms with Gasteiger partial charge in [-0.15, -0.1) is 0 Å². The average Bonchev–Trinajstić information content (AvgIpc) is 3.22. The van der Waals surface area contributed by atoms with Crippen molar-refractivity contribution in [1.29, 1.82) is 0 Å². The van der Waals surface area contributed by atoms with Crippen LogP contribution in [0.3, 0.4) is 0 Å². The highest BCUT2D eigenvalue weighted by atomic mass is 16.5. The van der Waals surface area contributed by atoms with E-state index in [1.54, 1.807) is 6.20 Å². The molecule has 0 unspecified atom stereocenters. The monoisotopic (exact) mass is 318 g/mol. The zero-order valence-electron chi connectivity index (χ0n) is 13.9. The molecule has 4 rings (SSSR count). The van der Waals surface area contributed by atoms with Crippen LogP contribution in [0.25, 0.3) is 0 Å². The molecule has 0 radical (unpaired) electrons. The van der Waals surface area contributed by atoms with Gasteiger partial charge >= 0.3 is 6.03 Å². The highest BCUT2D eigenvalue weighted by Crippen LogP contribution is 2.52. The number of fused-ring (bicyclic) bond motifs is 1. The summed E-state index contributed by atoms with van der Waals surface area (Å²) in [5.41, 5.74) is 0.0206. The number of ether oxygens (including phenoxy) is 1. The molecule has 2 saturated heterocycles. The lowest BCUT2D eigenvalue weighted by atomic mass is 9.57. The molecule has 1 aromatic rings. The number of H-pyrrole nitrogens is 1. The van der Waals surface area contributed by atoms with Gasteiger partial charge in [0.25, 0.3) is 0 Å². The van der Waals surface area contributed by atoms with Gasteiger partial charge in [-0.25, -0.2) is 9.78 Å². The van der Waals surface area contributed by atoms with Gasteiger partial charge < -0.3 is 19.9 Å². The van der Waals surface area contributed by atoms with Gasteiger partial charge in [0.15, 0.2) is 0 Å². The minimum atomic E-state index is 0.0206. The third-order valence-electron chi connectivity index (χ3n) is 5.98. The van der Waals surface area contributed by atoms with Crippen molar-refractivity contribution >= 4 is 6.03 Å². The second kappa shape index (κ2) is 5.51. The van der Waals surface area contributed by atoms with Crippen molar-refractivity contribution in [2.45, 2.75) is 57.7 Å². The summed E-state index contributed by atoms with van der Waals surface area (Å²) in [6.07, 6.45) is 8.13. The predicted molar refractivity (Wildman–Crippen MR) is 85.8 cm³/mol. The van der Waals surface area contributed by atoms with Crippen LogP contribution in [-0.4, -0.2) is 46.2 Å². The van der Waals surface area contributed by atoms with Gasteiger partial charge in [-0.3, -0.25) is 0 Å². The first-order valence-electron chi connectivity index (χ1n) is 8.77. The summed E-state index contributed by atoms with van der Waals surface area (Å²) in [5, 5.41) is 3.31. The minimum Gasteiger partial charge on any atom is -0.377 e. The zero-order chi connectivity index (χ0) is 16.0. The molecule has 2 aliphatic heterocycles. The number of urea groups is 1. The van der Waals surface area contributed by atoms with Crippen molar-refractivity contribution in [3.63, 3.8) is 0 Å². The van der Waals surface area contributed by atoms with E-state index in [-0.39, 0.29) is 23.5 Å². The van der Waals surface area contributed by atoms with Crippen LogP contribution in [0.15, 0.2) is 12.4 Å². The van der Waals surface area contributed by atoms with Gasteiger partial charge in [0.05, 0.1) is 12.1 Å². The van der Waals surface area contributed by atoms with Gasteiger partial charge in [0.1, 0.15) is 5.82 Å². The zero-order valence-corrected chi connectivity index (χ0v) is 13.9. The first-order chi connectivity index (χ1) is 11.1. The van der Waals surface area contributed by atoms with E-state index in [9.17, 15) is 4.79 Å². The number of hydrogen-bond donors (Lipinski definition) is 2. The molecule has 1 saturated carbocycles. The summed E-state index contributed by atoms with van der Waals surface area (Å²) in [5.74, 6) is 1.37. The normalized spacial score (nSPS) is 35.5. The van der Waals surface area contributed by atoms with E-state index in [0.29, 0.717) is 12.0 Å². The Kier molecular flexibility index (Phi) is 3.59. The minimum absolute atomic E-state index is 0.0206.